The molecule has 2 aliphatic rings. The average Bonchev–Trinajstić information content (AvgIpc) is 2.76. The van der Waals surface area contributed by atoms with Gasteiger partial charge in [0.25, 0.3) is 0 Å². The molecule has 2 atom stereocenters. The summed E-state index contributed by atoms with van der Waals surface area (Å²) < 4.78 is 5.78. The lowest BCUT2D eigenvalue weighted by Gasteiger charge is -2.36. The van der Waals surface area contributed by atoms with Crippen molar-refractivity contribution in [3.63, 3.8) is 0 Å². The summed E-state index contributed by atoms with van der Waals surface area (Å²) in [6, 6.07) is 16.6. The summed E-state index contributed by atoms with van der Waals surface area (Å²) in [5.41, 5.74) is 6.24. The summed E-state index contributed by atoms with van der Waals surface area (Å²) in [5, 5.41) is 1.09. The molecule has 1 saturated carbocycles. The standard InChI is InChI=1S/C26H26N2O2/c1-3-15-30-18-10-8-17(9-11-18)24-25-19-12-7-16(2)27-20(19)13-14-22(25)28-21-5-4-6-23(29)26(21)24/h7-14,24,26H,3-6,15H2,1-2H3. The normalized spacial score (nSPS) is 20.5. The zero-order chi connectivity index (χ0) is 20.7. The van der Waals surface area contributed by atoms with E-state index in [0.29, 0.717) is 18.8 Å². The van der Waals surface area contributed by atoms with Crippen LogP contribution in [0.5, 0.6) is 5.75 Å². The first-order chi connectivity index (χ1) is 14.7. The fourth-order valence-electron chi connectivity index (χ4n) is 4.86. The SMILES string of the molecule is CCCOc1ccc(C2c3c(ccc4nc(C)ccc34)N=C3CCCC(=O)C32)cc1. The van der Waals surface area contributed by atoms with Crippen LogP contribution in [-0.2, 0) is 4.79 Å². The number of hydrogen-bond acceptors (Lipinski definition) is 4. The fraction of sp³-hybridized carbons (Fsp3) is 0.346. The minimum atomic E-state index is -0.180. The fourth-order valence-corrected chi connectivity index (χ4v) is 4.86. The first kappa shape index (κ1) is 19.0. The van der Waals surface area contributed by atoms with E-state index in [1.54, 1.807) is 0 Å². The van der Waals surface area contributed by atoms with Gasteiger partial charge in [-0.1, -0.05) is 25.1 Å². The minimum absolute atomic E-state index is 0.0336. The third-order valence-corrected chi connectivity index (χ3v) is 6.21. The van der Waals surface area contributed by atoms with Gasteiger partial charge in [-0.15, -0.1) is 0 Å². The van der Waals surface area contributed by atoms with Crippen LogP contribution in [0.25, 0.3) is 10.9 Å². The van der Waals surface area contributed by atoms with Gasteiger partial charge in [0.1, 0.15) is 11.5 Å². The molecule has 3 aromatic rings. The molecule has 1 aliphatic heterocycles. The van der Waals surface area contributed by atoms with Gasteiger partial charge in [-0.2, -0.15) is 0 Å². The number of benzene rings is 2. The van der Waals surface area contributed by atoms with Crippen LogP contribution in [0.2, 0.25) is 0 Å². The molecule has 152 valence electrons. The number of nitrogens with zero attached hydrogens (tertiary/aromatic N) is 2. The largest absolute Gasteiger partial charge is 0.494 e. The maximum atomic E-state index is 13.1. The quantitative estimate of drug-likeness (QED) is 0.548. The second-order valence-corrected chi connectivity index (χ2v) is 8.31. The molecule has 0 amide bonds. The first-order valence-electron chi connectivity index (χ1n) is 10.9. The number of carbonyl (C=O) groups is 1. The van der Waals surface area contributed by atoms with Crippen molar-refractivity contribution < 1.29 is 9.53 Å². The van der Waals surface area contributed by atoms with Crippen molar-refractivity contribution in [2.75, 3.05) is 6.61 Å². The zero-order valence-corrected chi connectivity index (χ0v) is 17.5. The van der Waals surface area contributed by atoms with Crippen molar-refractivity contribution in [3.8, 4) is 5.75 Å². The van der Waals surface area contributed by atoms with Gasteiger partial charge in [0.15, 0.2) is 0 Å². The molecular weight excluding hydrogens is 372 g/mol. The Balaban J connectivity index is 1.69. The Kier molecular flexibility index (Phi) is 4.86. The van der Waals surface area contributed by atoms with Crippen molar-refractivity contribution in [2.45, 2.75) is 45.4 Å². The number of ketones is 1. The number of aliphatic imine (C=N–C) groups is 1. The monoisotopic (exact) mass is 398 g/mol. The van der Waals surface area contributed by atoms with Gasteiger partial charge in [0.2, 0.25) is 0 Å². The van der Waals surface area contributed by atoms with E-state index in [2.05, 4.69) is 37.3 Å². The lowest BCUT2D eigenvalue weighted by atomic mass is 9.69. The lowest BCUT2D eigenvalue weighted by Crippen LogP contribution is -2.36. The predicted molar refractivity (Wildman–Crippen MR) is 120 cm³/mol. The number of fused-ring (bicyclic) bond motifs is 4. The van der Waals surface area contributed by atoms with Gasteiger partial charge in [0, 0.05) is 29.1 Å². The minimum Gasteiger partial charge on any atom is -0.494 e. The highest BCUT2D eigenvalue weighted by Gasteiger charge is 2.41. The molecule has 4 nitrogen and oxygen atoms in total. The Morgan fingerprint density at radius 2 is 1.83 bits per heavy atom. The van der Waals surface area contributed by atoms with Gasteiger partial charge < -0.3 is 4.74 Å². The third kappa shape index (κ3) is 3.20. The molecule has 5 rings (SSSR count). The number of aromatic nitrogens is 1. The second kappa shape index (κ2) is 7.67. The molecule has 30 heavy (non-hydrogen) atoms. The highest BCUT2D eigenvalue weighted by atomic mass is 16.5. The lowest BCUT2D eigenvalue weighted by molar-refractivity contribution is -0.121. The van der Waals surface area contributed by atoms with E-state index in [-0.39, 0.29) is 11.8 Å². The van der Waals surface area contributed by atoms with Gasteiger partial charge in [-0.05, 0) is 67.6 Å². The van der Waals surface area contributed by atoms with Gasteiger partial charge >= 0.3 is 0 Å². The summed E-state index contributed by atoms with van der Waals surface area (Å²) in [6.07, 6.45) is 3.41. The Hall–Kier alpha value is -3.01. The van der Waals surface area contributed by atoms with Crippen molar-refractivity contribution in [1.29, 1.82) is 0 Å². The van der Waals surface area contributed by atoms with Crippen molar-refractivity contribution in [1.82, 2.24) is 4.98 Å². The number of ether oxygens (including phenoxy) is 1. The summed E-state index contributed by atoms with van der Waals surface area (Å²) in [6.45, 7) is 4.81. The van der Waals surface area contributed by atoms with Crippen LogP contribution in [0.3, 0.4) is 0 Å². The van der Waals surface area contributed by atoms with E-state index in [0.717, 1.165) is 64.1 Å². The Morgan fingerprint density at radius 1 is 1.00 bits per heavy atom. The number of Topliss-reactive ketones (excluding diaryl/α,β-unsaturated/α-hetero) is 1. The van der Waals surface area contributed by atoms with Crippen LogP contribution in [-0.4, -0.2) is 23.1 Å². The Bertz CT molecular complexity index is 1150. The molecule has 1 fully saturated rings. The van der Waals surface area contributed by atoms with E-state index in [4.69, 9.17) is 14.7 Å². The number of carbonyl (C=O) groups excluding carboxylic acids is 1. The summed E-state index contributed by atoms with van der Waals surface area (Å²) in [4.78, 5) is 22.8. The summed E-state index contributed by atoms with van der Waals surface area (Å²) in [5.74, 6) is 0.962. The zero-order valence-electron chi connectivity index (χ0n) is 17.5. The van der Waals surface area contributed by atoms with E-state index >= 15 is 0 Å². The molecule has 1 aliphatic carbocycles. The molecule has 1 aromatic heterocycles. The van der Waals surface area contributed by atoms with Crippen LogP contribution in [0.15, 0.2) is 53.5 Å². The van der Waals surface area contributed by atoms with Crippen LogP contribution >= 0.6 is 0 Å². The van der Waals surface area contributed by atoms with E-state index in [1.807, 2.05) is 25.1 Å². The number of hydrogen-bond donors (Lipinski definition) is 0. The first-order valence-corrected chi connectivity index (χ1v) is 10.9. The summed E-state index contributed by atoms with van der Waals surface area (Å²) >= 11 is 0. The molecule has 2 aromatic carbocycles. The average molecular weight is 399 g/mol. The van der Waals surface area contributed by atoms with E-state index in [1.165, 1.54) is 0 Å². The highest BCUT2D eigenvalue weighted by molar-refractivity contribution is 6.11. The number of aryl methyl sites for hydroxylation is 1. The highest BCUT2D eigenvalue weighted by Crippen LogP contribution is 2.48. The number of pyridine rings is 1. The van der Waals surface area contributed by atoms with Gasteiger partial charge in [-0.3, -0.25) is 14.8 Å². The predicted octanol–water partition coefficient (Wildman–Crippen LogP) is 5.92. The second-order valence-electron chi connectivity index (χ2n) is 8.31. The van der Waals surface area contributed by atoms with E-state index < -0.39 is 0 Å². The molecule has 0 spiro atoms. The summed E-state index contributed by atoms with van der Waals surface area (Å²) in [7, 11) is 0. The maximum absolute atomic E-state index is 13.1. The van der Waals surface area contributed by atoms with Crippen LogP contribution in [0.4, 0.5) is 5.69 Å². The Morgan fingerprint density at radius 3 is 2.63 bits per heavy atom. The topological polar surface area (TPSA) is 51.6 Å². The van der Waals surface area contributed by atoms with E-state index in [9.17, 15) is 4.79 Å². The smallest absolute Gasteiger partial charge is 0.142 e. The molecule has 0 bridgehead atoms. The molecule has 0 N–H and O–H groups in total. The van der Waals surface area contributed by atoms with Crippen molar-refractivity contribution in [3.05, 3.63) is 65.4 Å². The van der Waals surface area contributed by atoms with Crippen LogP contribution < -0.4 is 4.74 Å². The molecule has 0 radical (unpaired) electrons. The van der Waals surface area contributed by atoms with Crippen LogP contribution in [0.1, 0.15) is 55.3 Å². The molecule has 2 heterocycles. The Labute approximate surface area is 177 Å². The third-order valence-electron chi connectivity index (χ3n) is 6.21. The maximum Gasteiger partial charge on any atom is 0.142 e. The van der Waals surface area contributed by atoms with Crippen molar-refractivity contribution >= 4 is 28.1 Å². The molecule has 2 unspecified atom stereocenters. The molecule has 4 heteroatoms. The van der Waals surface area contributed by atoms with Crippen molar-refractivity contribution in [2.24, 2.45) is 10.9 Å². The van der Waals surface area contributed by atoms with Crippen LogP contribution in [0, 0.1) is 12.8 Å². The van der Waals surface area contributed by atoms with Gasteiger partial charge in [-0.25, -0.2) is 0 Å². The molecular formula is C26H26N2O2. The molecule has 0 saturated heterocycles. The van der Waals surface area contributed by atoms with Gasteiger partial charge in [0.05, 0.1) is 23.7 Å². The number of rotatable bonds is 4.